The van der Waals surface area contributed by atoms with E-state index in [1.54, 1.807) is 0 Å². The molecule has 4 aromatic carbocycles. The van der Waals surface area contributed by atoms with Crippen LogP contribution in [-0.4, -0.2) is 4.57 Å². The zero-order valence-corrected chi connectivity index (χ0v) is 21.2. The highest BCUT2D eigenvalue weighted by Gasteiger charge is 2.22. The van der Waals surface area contributed by atoms with Gasteiger partial charge in [0.05, 0.1) is 11.0 Å². The highest BCUT2D eigenvalue weighted by molar-refractivity contribution is 6.09. The number of fused-ring (bicyclic) bond motifs is 5. The summed E-state index contributed by atoms with van der Waals surface area (Å²) in [6.07, 6.45) is 16.2. The monoisotopic (exact) mass is 475 g/mol. The van der Waals surface area contributed by atoms with Gasteiger partial charge >= 0.3 is 0 Å². The van der Waals surface area contributed by atoms with Crippen molar-refractivity contribution in [3.05, 3.63) is 142 Å². The van der Waals surface area contributed by atoms with Crippen LogP contribution in [0.3, 0.4) is 0 Å². The summed E-state index contributed by atoms with van der Waals surface area (Å²) in [5, 5.41) is 5.26. The fraction of sp³-hybridized carbons (Fsp3) is 0.111. The van der Waals surface area contributed by atoms with Crippen LogP contribution in [0, 0.1) is 25.7 Å². The van der Waals surface area contributed by atoms with Crippen LogP contribution in [0.5, 0.6) is 0 Å². The molecule has 2 aliphatic rings. The van der Waals surface area contributed by atoms with Gasteiger partial charge in [0.1, 0.15) is 0 Å². The van der Waals surface area contributed by atoms with Crippen molar-refractivity contribution in [3.8, 4) is 5.69 Å². The van der Waals surface area contributed by atoms with Gasteiger partial charge in [-0.2, -0.15) is 0 Å². The third-order valence-electron chi connectivity index (χ3n) is 7.84. The molecule has 2 aliphatic carbocycles. The van der Waals surface area contributed by atoms with Gasteiger partial charge in [0.2, 0.25) is 0 Å². The summed E-state index contributed by atoms with van der Waals surface area (Å²) in [4.78, 5) is 0. The first-order chi connectivity index (χ1) is 18.1. The third-order valence-corrected chi connectivity index (χ3v) is 7.84. The van der Waals surface area contributed by atoms with Gasteiger partial charge in [0.25, 0.3) is 0 Å². The summed E-state index contributed by atoms with van der Waals surface area (Å²) < 4.78 is 2.41. The average Bonchev–Trinajstić information content (AvgIpc) is 3.23. The number of benzene rings is 4. The topological polar surface area (TPSA) is 4.93 Å². The Labute approximate surface area is 217 Å². The molecule has 37 heavy (non-hydrogen) atoms. The molecule has 0 fully saturated rings. The SMILES string of the molecule is Cc1ccc2c3ccc(C)cc3n(-c3ccc(/C=C/C4C=CC=C5C=c6ccccc6=CC54)cc3)c2c1. The highest BCUT2D eigenvalue weighted by Crippen LogP contribution is 2.34. The normalized spacial score (nSPS) is 18.4. The first-order valence-electron chi connectivity index (χ1n) is 13.1. The van der Waals surface area contributed by atoms with Gasteiger partial charge in [0.15, 0.2) is 0 Å². The van der Waals surface area contributed by atoms with E-state index in [2.05, 4.69) is 146 Å². The summed E-state index contributed by atoms with van der Waals surface area (Å²) in [5.41, 5.74) is 8.90. The Bertz CT molecular complexity index is 1830. The van der Waals surface area contributed by atoms with Crippen molar-refractivity contribution < 1.29 is 0 Å². The summed E-state index contributed by atoms with van der Waals surface area (Å²) in [7, 11) is 0. The van der Waals surface area contributed by atoms with Gasteiger partial charge < -0.3 is 4.57 Å². The Kier molecular flexibility index (Phi) is 5.11. The molecule has 0 saturated carbocycles. The van der Waals surface area contributed by atoms with Crippen LogP contribution >= 0.6 is 0 Å². The molecule has 1 aromatic heterocycles. The molecule has 7 rings (SSSR count). The van der Waals surface area contributed by atoms with E-state index in [4.69, 9.17) is 0 Å². The van der Waals surface area contributed by atoms with E-state index in [-0.39, 0.29) is 0 Å². The molecule has 178 valence electrons. The van der Waals surface area contributed by atoms with Gasteiger partial charge in [-0.3, -0.25) is 0 Å². The summed E-state index contributed by atoms with van der Waals surface area (Å²) in [6, 6.07) is 31.2. The molecule has 0 radical (unpaired) electrons. The largest absolute Gasteiger partial charge is 0.309 e. The number of nitrogens with zero attached hydrogens (tertiary/aromatic N) is 1. The predicted molar refractivity (Wildman–Crippen MR) is 158 cm³/mol. The van der Waals surface area contributed by atoms with Crippen molar-refractivity contribution in [1.82, 2.24) is 4.57 Å². The number of hydrogen-bond donors (Lipinski definition) is 0. The second-order valence-corrected chi connectivity index (χ2v) is 10.4. The Morgan fingerprint density at radius 1 is 0.730 bits per heavy atom. The lowest BCUT2D eigenvalue weighted by molar-refractivity contribution is 0.679. The average molecular weight is 476 g/mol. The maximum Gasteiger partial charge on any atom is 0.0543 e. The molecule has 1 nitrogen and oxygen atoms in total. The molecule has 2 atom stereocenters. The van der Waals surface area contributed by atoms with Crippen molar-refractivity contribution in [2.24, 2.45) is 11.8 Å². The van der Waals surface area contributed by atoms with Crippen molar-refractivity contribution in [3.63, 3.8) is 0 Å². The van der Waals surface area contributed by atoms with E-state index < -0.39 is 0 Å². The maximum absolute atomic E-state index is 2.43. The minimum atomic E-state index is 0.354. The number of rotatable bonds is 3. The van der Waals surface area contributed by atoms with Gasteiger partial charge in [-0.25, -0.2) is 0 Å². The molecule has 0 saturated heterocycles. The van der Waals surface area contributed by atoms with E-state index in [0.717, 1.165) is 0 Å². The smallest absolute Gasteiger partial charge is 0.0543 e. The predicted octanol–water partition coefficient (Wildman–Crippen LogP) is 7.42. The van der Waals surface area contributed by atoms with Gasteiger partial charge in [-0.15, -0.1) is 0 Å². The summed E-state index contributed by atoms with van der Waals surface area (Å²) in [6.45, 7) is 4.34. The second-order valence-electron chi connectivity index (χ2n) is 10.4. The quantitative estimate of drug-likeness (QED) is 0.256. The molecule has 0 aliphatic heterocycles. The van der Waals surface area contributed by atoms with Crippen LogP contribution < -0.4 is 10.4 Å². The lowest BCUT2D eigenvalue weighted by Gasteiger charge is -2.25. The van der Waals surface area contributed by atoms with Crippen LogP contribution in [0.4, 0.5) is 0 Å². The second kappa shape index (κ2) is 8.64. The third kappa shape index (κ3) is 3.79. The van der Waals surface area contributed by atoms with Crippen LogP contribution in [0.2, 0.25) is 0 Å². The number of hydrogen-bond acceptors (Lipinski definition) is 0. The van der Waals surface area contributed by atoms with Gasteiger partial charge in [-0.1, -0.05) is 103 Å². The molecule has 1 heteroatoms. The number of aryl methyl sites for hydroxylation is 2. The van der Waals surface area contributed by atoms with E-state index in [0.29, 0.717) is 11.8 Å². The van der Waals surface area contributed by atoms with Crippen molar-refractivity contribution >= 4 is 40.0 Å². The zero-order valence-electron chi connectivity index (χ0n) is 21.2. The minimum Gasteiger partial charge on any atom is -0.309 e. The Balaban J connectivity index is 1.23. The van der Waals surface area contributed by atoms with Crippen LogP contribution in [0.1, 0.15) is 16.7 Å². The standard InChI is InChI=1S/C36H29N/c1-24-10-18-32-33-19-11-25(2)21-36(33)37(35(32)20-24)31-16-13-26(14-17-31)12-15-27-8-5-9-30-22-28-6-3-4-7-29(28)23-34(27)30/h3-23,27,34H,1-2H3/b15-12+. The van der Waals surface area contributed by atoms with Crippen molar-refractivity contribution in [2.75, 3.05) is 0 Å². The Hall–Kier alpha value is -4.36. The van der Waals surface area contributed by atoms with Gasteiger partial charge in [0, 0.05) is 28.3 Å². The molecular weight excluding hydrogens is 446 g/mol. The van der Waals surface area contributed by atoms with Crippen LogP contribution in [-0.2, 0) is 0 Å². The summed E-state index contributed by atoms with van der Waals surface area (Å²) >= 11 is 0. The molecule has 0 N–H and O–H groups in total. The minimum absolute atomic E-state index is 0.354. The van der Waals surface area contributed by atoms with E-state index in [9.17, 15) is 0 Å². The molecule has 0 amide bonds. The fourth-order valence-corrected chi connectivity index (χ4v) is 5.92. The number of aromatic nitrogens is 1. The first-order valence-corrected chi connectivity index (χ1v) is 13.1. The van der Waals surface area contributed by atoms with E-state index in [1.807, 2.05) is 0 Å². The summed E-state index contributed by atoms with van der Waals surface area (Å²) in [5.74, 6) is 0.743. The molecule has 2 unspecified atom stereocenters. The lowest BCUT2D eigenvalue weighted by atomic mass is 9.78. The Morgan fingerprint density at radius 3 is 2.11 bits per heavy atom. The zero-order chi connectivity index (χ0) is 24.9. The fourth-order valence-electron chi connectivity index (χ4n) is 5.92. The van der Waals surface area contributed by atoms with Crippen molar-refractivity contribution in [1.29, 1.82) is 0 Å². The van der Waals surface area contributed by atoms with Crippen molar-refractivity contribution in [2.45, 2.75) is 13.8 Å². The van der Waals surface area contributed by atoms with Crippen LogP contribution in [0.15, 0.2) is 115 Å². The molecule has 0 spiro atoms. The Morgan fingerprint density at radius 2 is 1.41 bits per heavy atom. The van der Waals surface area contributed by atoms with E-state index in [1.165, 1.54) is 60.2 Å². The molecule has 5 aromatic rings. The lowest BCUT2D eigenvalue weighted by Crippen LogP contribution is -2.31. The van der Waals surface area contributed by atoms with Gasteiger partial charge in [-0.05, 0) is 70.8 Å². The molecular formula is C36H29N. The number of allylic oxidation sites excluding steroid dienone is 5. The maximum atomic E-state index is 2.43. The first kappa shape index (κ1) is 21.9. The highest BCUT2D eigenvalue weighted by atomic mass is 15.0. The molecule has 0 bridgehead atoms. The van der Waals surface area contributed by atoms with E-state index >= 15 is 0 Å². The molecule has 1 heterocycles. The van der Waals surface area contributed by atoms with Crippen LogP contribution in [0.25, 0.3) is 45.7 Å².